The highest BCUT2D eigenvalue weighted by atomic mass is 19.3. The lowest BCUT2D eigenvalue weighted by atomic mass is 9.91. The zero-order chi connectivity index (χ0) is 21.5. The number of rotatable bonds is 2. The van der Waals surface area contributed by atoms with Crippen molar-refractivity contribution in [1.29, 1.82) is 0 Å². The third-order valence-electron chi connectivity index (χ3n) is 5.38. The molecule has 6 nitrogen and oxygen atoms in total. The maximum Gasteiger partial charge on any atom is 0.252 e. The Kier molecular flexibility index (Phi) is 4.87. The second-order valence-corrected chi connectivity index (χ2v) is 7.87. The van der Waals surface area contributed by atoms with Gasteiger partial charge in [0.25, 0.3) is 6.43 Å². The molecular weight excluding hydrogens is 390 g/mol. The van der Waals surface area contributed by atoms with Gasteiger partial charge in [0.2, 0.25) is 11.6 Å². The van der Waals surface area contributed by atoms with E-state index in [9.17, 15) is 13.6 Å². The number of carbonyl (C=O) groups excluding carboxylic acids is 1. The van der Waals surface area contributed by atoms with Crippen LogP contribution in [0.25, 0.3) is 4.85 Å². The lowest BCUT2D eigenvalue weighted by molar-refractivity contribution is -0.149. The van der Waals surface area contributed by atoms with E-state index in [2.05, 4.69) is 26.7 Å². The number of amides is 1. The lowest BCUT2D eigenvalue weighted by Crippen LogP contribution is -2.44. The number of alkyl halides is 2. The molecule has 4 rings (SSSR count). The van der Waals surface area contributed by atoms with Crippen LogP contribution < -0.4 is 4.74 Å². The predicted molar refractivity (Wildman–Crippen MR) is 104 cm³/mol. The molecule has 2 bridgehead atoms. The van der Waals surface area contributed by atoms with Gasteiger partial charge in [-0.15, -0.1) is 0 Å². The summed E-state index contributed by atoms with van der Waals surface area (Å²) in [6.07, 6.45) is 3.67. The summed E-state index contributed by atoms with van der Waals surface area (Å²) in [6.45, 7) is 9.83. The second-order valence-electron chi connectivity index (χ2n) is 7.87. The average molecular weight is 408 g/mol. The van der Waals surface area contributed by atoms with E-state index < -0.39 is 17.7 Å². The molecule has 30 heavy (non-hydrogen) atoms. The van der Waals surface area contributed by atoms with Crippen LogP contribution in [0.2, 0.25) is 0 Å². The number of halogens is 2. The van der Waals surface area contributed by atoms with Crippen molar-refractivity contribution in [3.63, 3.8) is 0 Å². The molecule has 1 amide bonds. The molecule has 2 aromatic rings. The monoisotopic (exact) mass is 408 g/mol. The topological polar surface area (TPSA) is 59.7 Å². The number of carbonyl (C=O) groups is 1. The Labute approximate surface area is 172 Å². The molecule has 152 valence electrons. The van der Waals surface area contributed by atoms with E-state index in [0.717, 1.165) is 0 Å². The minimum atomic E-state index is -2.76. The largest absolute Gasteiger partial charge is 0.487 e. The SMILES string of the molecule is [C-]#[N+]c1cncc(C#Cc2cncc3c2O[C@H]2C[C@@H]3N(C(=O)C(C)(C)C(F)F)C2)c1. The highest BCUT2D eigenvalue weighted by Gasteiger charge is 2.49. The molecule has 2 aliphatic heterocycles. The van der Waals surface area contributed by atoms with Crippen molar-refractivity contribution >= 4 is 11.6 Å². The Morgan fingerprint density at radius 1 is 1.30 bits per heavy atom. The Morgan fingerprint density at radius 3 is 2.80 bits per heavy atom. The fourth-order valence-corrected chi connectivity index (χ4v) is 3.65. The Bertz CT molecular complexity index is 1110. The number of nitrogens with zero attached hydrogens (tertiary/aromatic N) is 4. The molecule has 0 aromatic carbocycles. The van der Waals surface area contributed by atoms with Crippen molar-refractivity contribution in [2.75, 3.05) is 6.54 Å². The fourth-order valence-electron chi connectivity index (χ4n) is 3.65. The van der Waals surface area contributed by atoms with Gasteiger partial charge < -0.3 is 9.64 Å². The zero-order valence-corrected chi connectivity index (χ0v) is 16.4. The van der Waals surface area contributed by atoms with E-state index in [1.807, 2.05) is 0 Å². The number of hydrogen-bond acceptors (Lipinski definition) is 4. The van der Waals surface area contributed by atoms with Crippen LogP contribution in [0.5, 0.6) is 5.75 Å². The van der Waals surface area contributed by atoms with Gasteiger partial charge in [-0.05, 0) is 19.9 Å². The van der Waals surface area contributed by atoms with E-state index in [-0.39, 0.29) is 18.7 Å². The van der Waals surface area contributed by atoms with Crippen LogP contribution in [0.3, 0.4) is 0 Å². The van der Waals surface area contributed by atoms with Crippen molar-refractivity contribution in [3.05, 3.63) is 59.0 Å². The smallest absolute Gasteiger partial charge is 0.252 e. The molecule has 2 atom stereocenters. The van der Waals surface area contributed by atoms with Gasteiger partial charge in [0.15, 0.2) is 0 Å². The minimum Gasteiger partial charge on any atom is -0.487 e. The summed E-state index contributed by atoms with van der Waals surface area (Å²) >= 11 is 0. The molecule has 2 aliphatic rings. The van der Waals surface area contributed by atoms with E-state index in [4.69, 9.17) is 11.3 Å². The molecule has 1 fully saturated rings. The molecule has 0 saturated carbocycles. The maximum atomic E-state index is 13.4. The third kappa shape index (κ3) is 3.35. The number of pyridine rings is 2. The fraction of sp³-hybridized carbons (Fsp3) is 0.364. The van der Waals surface area contributed by atoms with E-state index >= 15 is 0 Å². The molecule has 8 heteroatoms. The van der Waals surface area contributed by atoms with Crippen molar-refractivity contribution in [3.8, 4) is 17.6 Å². The van der Waals surface area contributed by atoms with Crippen LogP contribution in [-0.4, -0.2) is 39.8 Å². The Morgan fingerprint density at radius 2 is 2.07 bits per heavy atom. The van der Waals surface area contributed by atoms with Gasteiger partial charge in [0, 0.05) is 42.3 Å². The summed E-state index contributed by atoms with van der Waals surface area (Å²) in [5.41, 5.74) is 0.402. The van der Waals surface area contributed by atoms with Crippen molar-refractivity contribution in [2.24, 2.45) is 5.41 Å². The highest BCUT2D eigenvalue weighted by molar-refractivity contribution is 5.83. The van der Waals surface area contributed by atoms with E-state index in [1.165, 1.54) is 24.9 Å². The summed E-state index contributed by atoms with van der Waals surface area (Å²) in [7, 11) is 0. The first-order valence-electron chi connectivity index (χ1n) is 9.39. The molecule has 4 heterocycles. The van der Waals surface area contributed by atoms with Crippen LogP contribution >= 0.6 is 0 Å². The number of ether oxygens (including phenoxy) is 1. The van der Waals surface area contributed by atoms with Gasteiger partial charge in [0.1, 0.15) is 17.3 Å². The van der Waals surface area contributed by atoms with Crippen molar-refractivity contribution < 1.29 is 18.3 Å². The third-order valence-corrected chi connectivity index (χ3v) is 5.38. The number of hydrogen-bond donors (Lipinski definition) is 0. The van der Waals surface area contributed by atoms with E-state index in [1.54, 1.807) is 24.7 Å². The van der Waals surface area contributed by atoms with Crippen LogP contribution in [0.1, 0.15) is 43.0 Å². The molecule has 0 aliphatic carbocycles. The first-order chi connectivity index (χ1) is 14.3. The van der Waals surface area contributed by atoms with Crippen molar-refractivity contribution in [2.45, 2.75) is 38.8 Å². The first-order valence-corrected chi connectivity index (χ1v) is 9.39. The van der Waals surface area contributed by atoms with Gasteiger partial charge in [0.05, 0.1) is 24.7 Å². The normalized spacial score (nSPS) is 19.4. The van der Waals surface area contributed by atoms with Gasteiger partial charge in [-0.2, -0.15) is 0 Å². The average Bonchev–Trinajstić information content (AvgIpc) is 3.09. The van der Waals surface area contributed by atoms with Crippen LogP contribution in [0, 0.1) is 23.8 Å². The van der Waals surface area contributed by atoms with Gasteiger partial charge >= 0.3 is 0 Å². The molecule has 0 N–H and O–H groups in total. The molecule has 0 spiro atoms. The second kappa shape index (κ2) is 7.38. The summed E-state index contributed by atoms with van der Waals surface area (Å²) < 4.78 is 32.9. The van der Waals surface area contributed by atoms with Gasteiger partial charge in [-0.3, -0.25) is 14.8 Å². The summed E-state index contributed by atoms with van der Waals surface area (Å²) in [6, 6.07) is 1.26. The summed E-state index contributed by atoms with van der Waals surface area (Å²) in [4.78, 5) is 25.8. The molecule has 0 radical (unpaired) electrons. The van der Waals surface area contributed by atoms with Gasteiger partial charge in [-0.1, -0.05) is 11.8 Å². The standard InChI is InChI=1S/C22H18F2N4O2/c1-22(2,20(23)24)21(29)28-12-16-7-18(28)17-11-27-9-14(19(17)30-16)5-4-13-6-15(25-3)10-26-8-13/h6,8-11,16,18,20H,7,12H2,1-2H3/t16-,18-/m0/s1. The lowest BCUT2D eigenvalue weighted by Gasteiger charge is -2.32. The molecular formula is C22H18F2N4O2. The minimum absolute atomic E-state index is 0.248. The maximum absolute atomic E-state index is 13.4. The molecule has 1 saturated heterocycles. The Hall–Kier alpha value is -3.52. The quantitative estimate of drug-likeness (QED) is 0.561. The van der Waals surface area contributed by atoms with Gasteiger partial charge in [-0.25, -0.2) is 13.6 Å². The van der Waals surface area contributed by atoms with Crippen molar-refractivity contribution in [1.82, 2.24) is 14.9 Å². The zero-order valence-electron chi connectivity index (χ0n) is 16.4. The number of likely N-dealkylation sites (tertiary alicyclic amines) is 1. The number of aromatic nitrogens is 2. The first kappa shape index (κ1) is 19.8. The number of fused-ring (bicyclic) bond motifs is 4. The van der Waals surface area contributed by atoms with Crippen LogP contribution in [0.15, 0.2) is 30.9 Å². The van der Waals surface area contributed by atoms with Crippen LogP contribution in [0.4, 0.5) is 14.5 Å². The summed E-state index contributed by atoms with van der Waals surface area (Å²) in [5, 5.41) is 0. The van der Waals surface area contributed by atoms with Crippen LogP contribution in [-0.2, 0) is 4.79 Å². The highest BCUT2D eigenvalue weighted by Crippen LogP contribution is 2.46. The summed E-state index contributed by atoms with van der Waals surface area (Å²) in [5.74, 6) is 5.88. The predicted octanol–water partition coefficient (Wildman–Crippen LogP) is 3.75. The molecule has 0 unspecified atom stereocenters. The molecule has 2 aromatic heterocycles. The Balaban J connectivity index is 1.67. The van der Waals surface area contributed by atoms with E-state index in [0.29, 0.717) is 34.5 Å².